The fraction of sp³-hybridized carbons (Fsp3) is 0.375. The minimum absolute atomic E-state index is 0.0561. The van der Waals surface area contributed by atoms with Crippen LogP contribution in [0.3, 0.4) is 0 Å². The van der Waals surface area contributed by atoms with Gasteiger partial charge in [-0.25, -0.2) is 18.2 Å². The van der Waals surface area contributed by atoms with Gasteiger partial charge in [-0.2, -0.15) is 0 Å². The van der Waals surface area contributed by atoms with E-state index in [0.717, 1.165) is 12.5 Å². The molecule has 0 atom stereocenters. The van der Waals surface area contributed by atoms with Crippen LogP contribution in [-0.4, -0.2) is 21.8 Å². The van der Waals surface area contributed by atoms with E-state index < -0.39 is 17.2 Å². The molecule has 5 nitrogen and oxygen atoms in total. The number of ketones is 1. The Morgan fingerprint density at radius 3 is 2.56 bits per heavy atom. The van der Waals surface area contributed by atoms with Gasteiger partial charge in [0, 0.05) is 43.7 Å². The van der Waals surface area contributed by atoms with Crippen molar-refractivity contribution in [3.8, 4) is 11.1 Å². The Morgan fingerprint density at radius 1 is 1.22 bits per heavy atom. The monoisotopic (exact) mass is 443 g/mol. The molecule has 0 amide bonds. The number of aryl methyl sites for hydroxylation is 1. The molecule has 2 N–H and O–H groups in total. The highest BCUT2D eigenvalue weighted by atomic mass is 19.3. The van der Waals surface area contributed by atoms with Gasteiger partial charge in [-0.1, -0.05) is 29.4 Å². The average Bonchev–Trinajstić information content (AvgIpc) is 3.42. The lowest BCUT2D eigenvalue weighted by atomic mass is 9.95. The second kappa shape index (κ2) is 8.41. The van der Waals surface area contributed by atoms with Crippen molar-refractivity contribution in [3.63, 3.8) is 0 Å². The van der Waals surface area contributed by atoms with Crippen LogP contribution in [0.2, 0.25) is 0 Å². The van der Waals surface area contributed by atoms with Crippen molar-refractivity contribution in [2.75, 3.05) is 5.73 Å². The third-order valence-electron chi connectivity index (χ3n) is 6.05. The first-order valence-electron chi connectivity index (χ1n) is 10.5. The maximum Gasteiger partial charge on any atom is 0.258 e. The molecule has 2 aromatic heterocycles. The largest absolute Gasteiger partial charge is 0.384 e. The molecule has 32 heavy (non-hydrogen) atoms. The maximum atomic E-state index is 14.0. The lowest BCUT2D eigenvalue weighted by Gasteiger charge is -2.19. The van der Waals surface area contributed by atoms with Gasteiger partial charge >= 0.3 is 0 Å². The summed E-state index contributed by atoms with van der Waals surface area (Å²) in [6.45, 7) is 0.913. The van der Waals surface area contributed by atoms with Crippen LogP contribution in [0.1, 0.15) is 49.6 Å². The first-order valence-corrected chi connectivity index (χ1v) is 10.5. The van der Waals surface area contributed by atoms with E-state index in [9.17, 15) is 18.0 Å². The number of halogens is 3. The van der Waals surface area contributed by atoms with Gasteiger partial charge < -0.3 is 10.3 Å². The number of carbonyl (C=O) groups is 1. The Hall–Kier alpha value is -3.16. The van der Waals surface area contributed by atoms with E-state index in [0.29, 0.717) is 48.9 Å². The van der Waals surface area contributed by atoms with Gasteiger partial charge in [0.1, 0.15) is 23.2 Å². The fourth-order valence-electron chi connectivity index (χ4n) is 3.92. The smallest absolute Gasteiger partial charge is 0.258 e. The summed E-state index contributed by atoms with van der Waals surface area (Å²) in [5.41, 5.74) is 6.67. The Bertz CT molecular complexity index is 1120. The average molecular weight is 443 g/mol. The Kier molecular flexibility index (Phi) is 5.79. The summed E-state index contributed by atoms with van der Waals surface area (Å²) in [7, 11) is 0. The third-order valence-corrected chi connectivity index (χ3v) is 6.05. The summed E-state index contributed by atoms with van der Waals surface area (Å²) in [4.78, 5) is 16.2. The van der Waals surface area contributed by atoms with Crippen molar-refractivity contribution in [3.05, 3.63) is 65.4 Å². The first-order chi connectivity index (χ1) is 15.2. The Morgan fingerprint density at radius 2 is 1.94 bits per heavy atom. The SMILES string of the molecule is CC(F)(F)C1(c2cc(CCCC(=O)Cc3ccc(-c4cnc(N)cc4F)cc3)no2)CC1. The Labute approximate surface area is 183 Å². The van der Waals surface area contributed by atoms with E-state index in [2.05, 4.69) is 10.1 Å². The number of aromatic nitrogens is 2. The van der Waals surface area contributed by atoms with E-state index in [1.165, 1.54) is 12.3 Å². The second-order valence-corrected chi connectivity index (χ2v) is 8.51. The van der Waals surface area contributed by atoms with E-state index in [1.807, 2.05) is 0 Å². The number of pyridine rings is 1. The standard InChI is InChI=1S/C24H24F3N3O2/c1-23(26,27)24(9-10-24)21-12-17(30-32-21)3-2-4-18(31)11-15-5-7-16(8-6-15)19-14-29-22(28)13-20(19)25/h5-8,12-14H,2-4,9-11H2,1H3,(H2,28,29). The Balaban J connectivity index is 1.28. The second-order valence-electron chi connectivity index (χ2n) is 8.51. The lowest BCUT2D eigenvalue weighted by Crippen LogP contribution is -2.29. The van der Waals surface area contributed by atoms with E-state index >= 15 is 0 Å². The van der Waals surface area contributed by atoms with Crippen molar-refractivity contribution < 1.29 is 22.5 Å². The molecule has 4 rings (SSSR count). The molecule has 1 saturated carbocycles. The number of benzene rings is 1. The van der Waals surface area contributed by atoms with E-state index in [1.54, 1.807) is 30.3 Å². The van der Waals surface area contributed by atoms with Crippen LogP contribution in [-0.2, 0) is 23.1 Å². The quantitative estimate of drug-likeness (QED) is 0.487. The maximum absolute atomic E-state index is 14.0. The molecule has 1 aliphatic carbocycles. The zero-order valence-electron chi connectivity index (χ0n) is 17.7. The number of alkyl halides is 2. The number of nitrogens with zero attached hydrogens (tertiary/aromatic N) is 2. The van der Waals surface area contributed by atoms with Gasteiger partial charge in [0.15, 0.2) is 0 Å². The van der Waals surface area contributed by atoms with Crippen LogP contribution in [0.4, 0.5) is 19.0 Å². The molecule has 0 unspecified atom stereocenters. The van der Waals surface area contributed by atoms with Crippen molar-refractivity contribution in [1.29, 1.82) is 0 Å². The van der Waals surface area contributed by atoms with Crippen LogP contribution in [0.5, 0.6) is 0 Å². The number of carbonyl (C=O) groups excluding carboxylic acids is 1. The predicted octanol–water partition coefficient (Wildman–Crippen LogP) is 5.28. The molecule has 2 heterocycles. The number of Topliss-reactive ketones (excluding diaryl/α,β-unsaturated/α-hetero) is 1. The summed E-state index contributed by atoms with van der Waals surface area (Å²) in [6.07, 6.45) is 3.82. The molecular formula is C24H24F3N3O2. The predicted molar refractivity (Wildman–Crippen MR) is 114 cm³/mol. The van der Waals surface area contributed by atoms with Gasteiger partial charge in [0.25, 0.3) is 5.92 Å². The molecule has 0 radical (unpaired) electrons. The lowest BCUT2D eigenvalue weighted by molar-refractivity contribution is -0.118. The highest BCUT2D eigenvalue weighted by Crippen LogP contribution is 2.58. The molecular weight excluding hydrogens is 419 g/mol. The fourth-order valence-corrected chi connectivity index (χ4v) is 3.92. The summed E-state index contributed by atoms with van der Waals surface area (Å²) in [5.74, 6) is -2.89. The molecule has 8 heteroatoms. The van der Waals surface area contributed by atoms with Gasteiger partial charge in [0.05, 0.1) is 11.1 Å². The van der Waals surface area contributed by atoms with Crippen molar-refractivity contribution >= 4 is 11.6 Å². The van der Waals surface area contributed by atoms with Crippen molar-refractivity contribution in [2.45, 2.75) is 56.8 Å². The number of nitrogen functional groups attached to an aromatic ring is 1. The van der Waals surface area contributed by atoms with E-state index in [-0.39, 0.29) is 23.8 Å². The normalized spacial score (nSPS) is 15.0. The first kappa shape index (κ1) is 22.0. The molecule has 3 aromatic rings. The molecule has 0 saturated heterocycles. The summed E-state index contributed by atoms with van der Waals surface area (Å²) < 4.78 is 46.9. The zero-order valence-corrected chi connectivity index (χ0v) is 17.7. The zero-order chi connectivity index (χ0) is 22.9. The summed E-state index contributed by atoms with van der Waals surface area (Å²) in [6, 6.07) is 9.82. The molecule has 1 aliphatic rings. The molecule has 1 fully saturated rings. The number of anilines is 1. The third kappa shape index (κ3) is 4.54. The number of hydrogen-bond acceptors (Lipinski definition) is 5. The highest BCUT2D eigenvalue weighted by molar-refractivity contribution is 5.81. The minimum Gasteiger partial charge on any atom is -0.384 e. The molecule has 168 valence electrons. The number of nitrogens with two attached hydrogens (primary N) is 1. The van der Waals surface area contributed by atoms with Crippen LogP contribution in [0.25, 0.3) is 11.1 Å². The van der Waals surface area contributed by atoms with Crippen LogP contribution < -0.4 is 5.73 Å². The van der Waals surface area contributed by atoms with Crippen LogP contribution in [0.15, 0.2) is 47.1 Å². The van der Waals surface area contributed by atoms with Gasteiger partial charge in [-0.05, 0) is 36.8 Å². The molecule has 1 aromatic carbocycles. The molecule has 0 aliphatic heterocycles. The van der Waals surface area contributed by atoms with Crippen molar-refractivity contribution in [2.24, 2.45) is 0 Å². The van der Waals surface area contributed by atoms with Gasteiger partial charge in [0.2, 0.25) is 0 Å². The van der Waals surface area contributed by atoms with Gasteiger partial charge in [-0.15, -0.1) is 0 Å². The number of rotatable bonds is 9. The minimum atomic E-state index is -2.84. The van der Waals surface area contributed by atoms with Gasteiger partial charge in [-0.3, -0.25) is 4.79 Å². The van der Waals surface area contributed by atoms with Crippen LogP contribution >= 0.6 is 0 Å². The highest BCUT2D eigenvalue weighted by Gasteiger charge is 2.62. The molecule has 0 spiro atoms. The van der Waals surface area contributed by atoms with E-state index in [4.69, 9.17) is 10.3 Å². The van der Waals surface area contributed by atoms with Crippen LogP contribution in [0, 0.1) is 5.82 Å². The summed E-state index contributed by atoms with van der Waals surface area (Å²) >= 11 is 0. The van der Waals surface area contributed by atoms with Crippen molar-refractivity contribution in [1.82, 2.24) is 10.1 Å². The summed E-state index contributed by atoms with van der Waals surface area (Å²) in [5, 5.41) is 3.90. The topological polar surface area (TPSA) is 82.0 Å². The molecule has 0 bridgehead atoms. The number of hydrogen-bond donors (Lipinski definition) is 1.